The van der Waals surface area contributed by atoms with E-state index in [0.29, 0.717) is 28.6 Å². The molecule has 1 radical (unpaired) electrons. The van der Waals surface area contributed by atoms with Crippen LogP contribution in [0.1, 0.15) is 122 Å². The fourth-order valence-corrected chi connectivity index (χ4v) is 5.77. The Bertz CT molecular complexity index is 1520. The molecule has 3 rings (SSSR count). The molecule has 7 heteroatoms. The maximum Gasteiger partial charge on any atom is 0.195 e. The second kappa shape index (κ2) is 20.9. The topological polar surface area (TPSA) is 96.1 Å². The summed E-state index contributed by atoms with van der Waals surface area (Å²) in [5.41, 5.74) is 7.08. The van der Waals surface area contributed by atoms with Crippen LogP contribution in [0.5, 0.6) is 5.88 Å². The Hall–Kier alpha value is -3.33. The summed E-state index contributed by atoms with van der Waals surface area (Å²) in [7, 11) is 1.60. The van der Waals surface area contributed by atoms with Gasteiger partial charge in [0.2, 0.25) is 0 Å². The number of benzene rings is 2. The molecule has 3 aromatic rings. The van der Waals surface area contributed by atoms with Crippen LogP contribution >= 0.6 is 0 Å². The zero-order valence-corrected chi connectivity index (χ0v) is 33.2. The Labute approximate surface area is 303 Å². The number of nitriles is 1. The minimum Gasteiger partial charge on any atom is -0.512 e. The molecule has 1 heterocycles. The third kappa shape index (κ3) is 12.6. The summed E-state index contributed by atoms with van der Waals surface area (Å²) in [5, 5.41) is 19.2. The molecule has 0 atom stereocenters. The van der Waals surface area contributed by atoms with E-state index in [0.717, 1.165) is 73.6 Å². The number of aryl methyl sites for hydroxylation is 2. The molecule has 1 N–H and O–H groups in total. The molecule has 1 aromatic heterocycles. The van der Waals surface area contributed by atoms with Gasteiger partial charge in [0.1, 0.15) is 0 Å². The van der Waals surface area contributed by atoms with Gasteiger partial charge in [0.15, 0.2) is 11.7 Å². The minimum absolute atomic E-state index is 0. The molecular formula is C41H56IrN3O3-. The SMILES string of the molecule is CCCC(CCC)C(=O)/C=C(\O)C(CCC)CCC.COc1nc(-c2ccc(C#N)cc2C)cnc1-c1[c-]c(C)cc(C(C)(C)C)c1.[Ir]. The van der Waals surface area contributed by atoms with Gasteiger partial charge in [-0.15, -0.1) is 34.9 Å². The third-order valence-electron chi connectivity index (χ3n) is 8.35. The van der Waals surface area contributed by atoms with Crippen LogP contribution in [0.15, 0.2) is 48.4 Å². The number of ether oxygens (including phenoxy) is 1. The quantitative estimate of drug-likeness (QED) is 0.0987. The molecule has 0 saturated heterocycles. The first kappa shape index (κ1) is 42.7. The predicted molar refractivity (Wildman–Crippen MR) is 194 cm³/mol. The molecule has 2 aromatic carbocycles. The van der Waals surface area contributed by atoms with E-state index < -0.39 is 0 Å². The van der Waals surface area contributed by atoms with Crippen molar-refractivity contribution >= 4 is 5.78 Å². The number of hydrogen-bond acceptors (Lipinski definition) is 6. The van der Waals surface area contributed by atoms with Crippen molar-refractivity contribution in [3.05, 3.63) is 76.7 Å². The van der Waals surface area contributed by atoms with Gasteiger partial charge in [0.25, 0.3) is 0 Å². The standard InChI is InChI=1S/C24H24N3O.C17H32O2.Ir/c1-15-9-18(12-19(10-15)24(3,4)5)22-23(28-6)27-21(14-26-22)20-8-7-17(13-25)11-16(20)2;1-5-9-14(10-6-2)16(18)13-17(19)15(11-7-3)12-8-4;/h7-8,10-12,14H,1-6H3;13-15,18H,5-12H2,1-4H3;/q-1;;/b;16-13-;. The predicted octanol–water partition coefficient (Wildman–Crippen LogP) is 10.8. The second-order valence-corrected chi connectivity index (χ2v) is 13.5. The first-order valence-electron chi connectivity index (χ1n) is 17.2. The van der Waals surface area contributed by atoms with Gasteiger partial charge in [-0.3, -0.25) is 9.78 Å². The normalized spacial score (nSPS) is 11.4. The van der Waals surface area contributed by atoms with Gasteiger partial charge in [0.05, 0.1) is 30.2 Å². The molecule has 0 fully saturated rings. The number of aliphatic hydroxyl groups excluding tert-OH is 1. The van der Waals surface area contributed by atoms with Crippen LogP contribution in [-0.2, 0) is 30.3 Å². The molecule has 48 heavy (non-hydrogen) atoms. The molecule has 0 unspecified atom stereocenters. The molecule has 0 bridgehead atoms. The van der Waals surface area contributed by atoms with Gasteiger partial charge < -0.3 is 9.84 Å². The zero-order chi connectivity index (χ0) is 35.1. The maximum absolute atomic E-state index is 12.2. The molecule has 0 aliphatic carbocycles. The van der Waals surface area contributed by atoms with E-state index in [1.54, 1.807) is 19.4 Å². The summed E-state index contributed by atoms with van der Waals surface area (Å²) in [5.74, 6) is 1.16. The fraction of sp³-hybridized carbons (Fsp3) is 0.512. The smallest absolute Gasteiger partial charge is 0.195 e. The van der Waals surface area contributed by atoms with Crippen molar-refractivity contribution < 1.29 is 34.7 Å². The minimum atomic E-state index is 0. The van der Waals surface area contributed by atoms with E-state index in [1.165, 1.54) is 11.6 Å². The summed E-state index contributed by atoms with van der Waals surface area (Å²) < 4.78 is 5.57. The summed E-state index contributed by atoms with van der Waals surface area (Å²) in [6.07, 6.45) is 11.2. The average Bonchev–Trinajstić information content (AvgIpc) is 3.03. The Balaban J connectivity index is 0.000000509. The van der Waals surface area contributed by atoms with Crippen LogP contribution < -0.4 is 4.74 Å². The number of carbonyl (C=O) groups excluding carboxylic acids is 1. The van der Waals surface area contributed by atoms with Crippen molar-refractivity contribution in [2.45, 2.75) is 119 Å². The monoisotopic (exact) mass is 831 g/mol. The second-order valence-electron chi connectivity index (χ2n) is 13.5. The average molecular weight is 831 g/mol. The summed E-state index contributed by atoms with van der Waals surface area (Å²) in [6.45, 7) is 19.0. The van der Waals surface area contributed by atoms with Crippen molar-refractivity contribution in [3.8, 4) is 34.5 Å². The van der Waals surface area contributed by atoms with Crippen LogP contribution in [0.4, 0.5) is 0 Å². The summed E-state index contributed by atoms with van der Waals surface area (Å²) in [4.78, 5) is 21.6. The molecule has 0 aliphatic heterocycles. The van der Waals surface area contributed by atoms with Crippen LogP contribution in [0, 0.1) is 43.1 Å². The van der Waals surface area contributed by atoms with Crippen LogP contribution in [-0.4, -0.2) is 28.0 Å². The number of methoxy groups -OCH3 is 1. The van der Waals surface area contributed by atoms with Crippen molar-refractivity contribution in [1.29, 1.82) is 5.26 Å². The van der Waals surface area contributed by atoms with E-state index in [4.69, 9.17) is 10.00 Å². The molecule has 0 aliphatic rings. The molecule has 263 valence electrons. The number of nitrogens with zero attached hydrogens (tertiary/aromatic N) is 3. The van der Waals surface area contributed by atoms with Gasteiger partial charge in [-0.25, -0.2) is 4.98 Å². The number of ketones is 1. The van der Waals surface area contributed by atoms with Crippen molar-refractivity contribution in [3.63, 3.8) is 0 Å². The van der Waals surface area contributed by atoms with E-state index in [9.17, 15) is 9.90 Å². The van der Waals surface area contributed by atoms with E-state index in [2.05, 4.69) is 82.7 Å². The van der Waals surface area contributed by atoms with E-state index >= 15 is 0 Å². The van der Waals surface area contributed by atoms with Crippen molar-refractivity contribution in [2.75, 3.05) is 7.11 Å². The van der Waals surface area contributed by atoms with Crippen LogP contribution in [0.3, 0.4) is 0 Å². The number of carbonyl (C=O) groups is 1. The van der Waals surface area contributed by atoms with Crippen molar-refractivity contribution in [2.24, 2.45) is 11.8 Å². The van der Waals surface area contributed by atoms with Crippen LogP contribution in [0.25, 0.3) is 22.5 Å². The maximum atomic E-state index is 12.2. The molecule has 0 spiro atoms. The van der Waals surface area contributed by atoms with E-state index in [-0.39, 0.29) is 43.1 Å². The number of hydrogen-bond donors (Lipinski definition) is 1. The van der Waals surface area contributed by atoms with Gasteiger partial charge in [0, 0.05) is 55.5 Å². The van der Waals surface area contributed by atoms with Crippen LogP contribution in [0.2, 0.25) is 0 Å². The van der Waals surface area contributed by atoms with Gasteiger partial charge in [-0.2, -0.15) is 5.26 Å². The first-order valence-corrected chi connectivity index (χ1v) is 17.2. The Morgan fingerprint density at radius 2 is 1.56 bits per heavy atom. The third-order valence-corrected chi connectivity index (χ3v) is 8.35. The van der Waals surface area contributed by atoms with Gasteiger partial charge >= 0.3 is 0 Å². The number of aromatic nitrogens is 2. The Kier molecular flexibility index (Phi) is 18.6. The summed E-state index contributed by atoms with van der Waals surface area (Å²) >= 11 is 0. The van der Waals surface area contributed by atoms with Gasteiger partial charge in [-0.05, 0) is 55.7 Å². The molecule has 0 amide bonds. The Morgan fingerprint density at radius 1 is 0.979 bits per heavy atom. The zero-order valence-electron chi connectivity index (χ0n) is 30.8. The van der Waals surface area contributed by atoms with E-state index in [1.807, 2.05) is 26.0 Å². The summed E-state index contributed by atoms with van der Waals surface area (Å²) in [6, 6.07) is 15.3. The number of allylic oxidation sites excluding steroid dienone is 2. The molecular weight excluding hydrogens is 775 g/mol. The number of aliphatic hydroxyl groups is 1. The number of rotatable bonds is 14. The van der Waals surface area contributed by atoms with Crippen molar-refractivity contribution in [1.82, 2.24) is 9.97 Å². The Morgan fingerprint density at radius 3 is 2.06 bits per heavy atom. The van der Waals surface area contributed by atoms with Gasteiger partial charge in [-0.1, -0.05) is 87.1 Å². The molecule has 0 saturated carbocycles. The largest absolute Gasteiger partial charge is 0.512 e. The fourth-order valence-electron chi connectivity index (χ4n) is 5.77. The first-order chi connectivity index (χ1) is 22.3. The molecule has 6 nitrogen and oxygen atoms in total.